The zero-order valence-electron chi connectivity index (χ0n) is 15.0. The van der Waals surface area contributed by atoms with Crippen LogP contribution < -0.4 is 9.80 Å². The highest BCUT2D eigenvalue weighted by Gasteiger charge is 2.23. The van der Waals surface area contributed by atoms with Crippen molar-refractivity contribution in [1.29, 1.82) is 0 Å². The molecule has 0 radical (unpaired) electrons. The molecule has 4 aromatic rings. The van der Waals surface area contributed by atoms with E-state index in [4.69, 9.17) is 11.6 Å². The van der Waals surface area contributed by atoms with E-state index in [1.54, 1.807) is 0 Å². The lowest BCUT2D eigenvalue weighted by atomic mass is 10.2. The minimum atomic E-state index is -1.21. The Hall–Kier alpha value is -3.40. The fourth-order valence-corrected chi connectivity index (χ4v) is 3.74. The van der Waals surface area contributed by atoms with Crippen LogP contribution in [0.2, 0.25) is 5.28 Å². The molecule has 1 aliphatic rings. The molecule has 0 bridgehead atoms. The number of hydrogen-bond donors (Lipinski definition) is 3. The number of nitrogens with one attached hydrogen (secondary N) is 2. The number of rotatable bonds is 3. The Morgan fingerprint density at radius 2 is 1.79 bits per heavy atom. The van der Waals surface area contributed by atoms with Gasteiger partial charge in [0.2, 0.25) is 11.2 Å². The molecule has 3 aromatic heterocycles. The van der Waals surface area contributed by atoms with Crippen LogP contribution in [0, 0.1) is 5.82 Å². The molecular weight excluding hydrogens is 401 g/mol. The second-order valence-corrected chi connectivity index (χ2v) is 7.12. The Bertz CT molecular complexity index is 1250. The molecule has 0 spiro atoms. The van der Waals surface area contributed by atoms with Crippen molar-refractivity contribution >= 4 is 51.5 Å². The third-order valence-corrected chi connectivity index (χ3v) is 5.15. The van der Waals surface area contributed by atoms with Gasteiger partial charge in [0, 0.05) is 26.2 Å². The third-order valence-electron chi connectivity index (χ3n) is 4.97. The minimum Gasteiger partial charge on any atom is -0.478 e. The number of aromatic carboxylic acids is 1. The fourth-order valence-electron chi connectivity index (χ4n) is 3.56. The van der Waals surface area contributed by atoms with Gasteiger partial charge >= 0.3 is 5.97 Å². The summed E-state index contributed by atoms with van der Waals surface area (Å²) in [7, 11) is 0. The highest BCUT2D eigenvalue weighted by Crippen LogP contribution is 2.25. The van der Waals surface area contributed by atoms with E-state index in [0.717, 1.165) is 17.4 Å². The van der Waals surface area contributed by atoms with E-state index in [1.807, 2.05) is 17.0 Å². The van der Waals surface area contributed by atoms with Crippen molar-refractivity contribution in [3.63, 3.8) is 0 Å². The van der Waals surface area contributed by atoms with E-state index < -0.39 is 11.8 Å². The number of aromatic amines is 2. The molecule has 1 fully saturated rings. The lowest BCUT2D eigenvalue weighted by Gasteiger charge is -2.35. The first-order valence-corrected chi connectivity index (χ1v) is 9.30. The zero-order chi connectivity index (χ0) is 20.1. The molecule has 0 amide bonds. The zero-order valence-corrected chi connectivity index (χ0v) is 15.7. The molecule has 1 aliphatic heterocycles. The number of fused-ring (bicyclic) bond motifs is 2. The number of piperazine rings is 1. The molecule has 0 atom stereocenters. The molecule has 4 heterocycles. The molecule has 29 heavy (non-hydrogen) atoms. The van der Waals surface area contributed by atoms with Gasteiger partial charge in [0.05, 0.1) is 16.6 Å². The SMILES string of the molecule is O=C(O)c1cc(F)cc2[nH]c(N3CCN(c4ccc5[nH]c(Cl)nc5n4)CC3)nc12. The number of nitrogens with zero attached hydrogens (tertiary/aromatic N) is 5. The number of hydrogen-bond acceptors (Lipinski definition) is 6. The number of aromatic nitrogens is 5. The Labute approximate surface area is 168 Å². The first kappa shape index (κ1) is 17.7. The van der Waals surface area contributed by atoms with Crippen molar-refractivity contribution in [3.8, 4) is 0 Å². The molecule has 0 aliphatic carbocycles. The Morgan fingerprint density at radius 1 is 1.03 bits per heavy atom. The van der Waals surface area contributed by atoms with Crippen LogP contribution in [-0.2, 0) is 0 Å². The van der Waals surface area contributed by atoms with Crippen molar-refractivity contribution in [1.82, 2.24) is 24.9 Å². The number of carbonyl (C=O) groups is 1. The molecular formula is C18H15ClFN7O2. The fraction of sp³-hybridized carbons (Fsp3) is 0.222. The summed E-state index contributed by atoms with van der Waals surface area (Å²) >= 11 is 5.88. The van der Waals surface area contributed by atoms with Crippen LogP contribution in [0.3, 0.4) is 0 Å². The van der Waals surface area contributed by atoms with Crippen molar-refractivity contribution < 1.29 is 14.3 Å². The number of carboxylic acids is 1. The predicted molar refractivity (Wildman–Crippen MR) is 106 cm³/mol. The van der Waals surface area contributed by atoms with E-state index in [0.29, 0.717) is 48.6 Å². The first-order chi connectivity index (χ1) is 14.0. The molecule has 0 saturated carbocycles. The summed E-state index contributed by atoms with van der Waals surface area (Å²) in [5, 5.41) is 9.60. The number of imidazole rings is 2. The van der Waals surface area contributed by atoms with Crippen LogP contribution in [0.4, 0.5) is 16.2 Å². The molecule has 1 aromatic carbocycles. The van der Waals surface area contributed by atoms with Gasteiger partial charge in [-0.25, -0.2) is 19.2 Å². The summed E-state index contributed by atoms with van der Waals surface area (Å²) in [6.45, 7) is 2.67. The van der Waals surface area contributed by atoms with E-state index in [2.05, 4.69) is 29.8 Å². The molecule has 3 N–H and O–H groups in total. The lowest BCUT2D eigenvalue weighted by Crippen LogP contribution is -2.47. The van der Waals surface area contributed by atoms with Crippen LogP contribution in [0.25, 0.3) is 22.2 Å². The maximum atomic E-state index is 13.7. The number of carboxylic acid groups (broad SMARTS) is 1. The van der Waals surface area contributed by atoms with Gasteiger partial charge in [0.1, 0.15) is 17.2 Å². The van der Waals surface area contributed by atoms with Crippen molar-refractivity contribution in [2.45, 2.75) is 0 Å². The summed E-state index contributed by atoms with van der Waals surface area (Å²) in [4.78, 5) is 34.6. The maximum absolute atomic E-state index is 13.7. The summed E-state index contributed by atoms with van der Waals surface area (Å²) in [6, 6.07) is 6.04. The average molecular weight is 416 g/mol. The van der Waals surface area contributed by atoms with E-state index in [-0.39, 0.29) is 11.1 Å². The molecule has 1 saturated heterocycles. The monoisotopic (exact) mass is 415 g/mol. The highest BCUT2D eigenvalue weighted by molar-refractivity contribution is 6.29. The Kier molecular flexibility index (Phi) is 4.02. The van der Waals surface area contributed by atoms with Gasteiger partial charge in [-0.3, -0.25) is 0 Å². The quantitative estimate of drug-likeness (QED) is 0.471. The largest absolute Gasteiger partial charge is 0.478 e. The summed E-state index contributed by atoms with van der Waals surface area (Å²) < 4.78 is 13.7. The standard InChI is InChI=1S/C18H15ClFN7O2/c19-17-21-11-1-2-13(23-15(11)25-17)26-3-5-27(6-4-26)18-22-12-8-9(20)7-10(16(28)29)14(12)24-18/h1-2,7-8H,3-6H2,(H,22,24)(H,28,29)(H,21,23,25). The van der Waals surface area contributed by atoms with Crippen molar-refractivity contribution in [3.05, 3.63) is 40.9 Å². The molecule has 0 unspecified atom stereocenters. The van der Waals surface area contributed by atoms with E-state index >= 15 is 0 Å². The number of benzene rings is 1. The van der Waals surface area contributed by atoms with Crippen molar-refractivity contribution in [2.24, 2.45) is 0 Å². The Morgan fingerprint density at radius 3 is 2.55 bits per heavy atom. The second kappa shape index (κ2) is 6.59. The first-order valence-electron chi connectivity index (χ1n) is 8.92. The van der Waals surface area contributed by atoms with Crippen LogP contribution >= 0.6 is 11.6 Å². The van der Waals surface area contributed by atoms with E-state index in [1.165, 1.54) is 6.07 Å². The van der Waals surface area contributed by atoms with Crippen LogP contribution in [-0.4, -0.2) is 62.2 Å². The van der Waals surface area contributed by atoms with Gasteiger partial charge < -0.3 is 24.9 Å². The summed E-state index contributed by atoms with van der Waals surface area (Å²) in [5.74, 6) is -0.498. The van der Waals surface area contributed by atoms with Crippen LogP contribution in [0.15, 0.2) is 24.3 Å². The maximum Gasteiger partial charge on any atom is 0.338 e. The van der Waals surface area contributed by atoms with Gasteiger partial charge in [-0.05, 0) is 35.9 Å². The van der Waals surface area contributed by atoms with E-state index in [9.17, 15) is 14.3 Å². The second-order valence-electron chi connectivity index (χ2n) is 6.76. The highest BCUT2D eigenvalue weighted by atomic mass is 35.5. The molecule has 5 rings (SSSR count). The number of anilines is 2. The lowest BCUT2D eigenvalue weighted by molar-refractivity contribution is 0.0698. The number of pyridine rings is 1. The van der Waals surface area contributed by atoms with Gasteiger partial charge in [-0.15, -0.1) is 0 Å². The number of H-pyrrole nitrogens is 2. The topological polar surface area (TPSA) is 114 Å². The van der Waals surface area contributed by atoms with Gasteiger partial charge in [0.15, 0.2) is 5.65 Å². The normalized spacial score (nSPS) is 14.8. The average Bonchev–Trinajstić information content (AvgIpc) is 3.29. The van der Waals surface area contributed by atoms with Crippen LogP contribution in [0.5, 0.6) is 0 Å². The van der Waals surface area contributed by atoms with Gasteiger partial charge in [-0.2, -0.15) is 4.98 Å². The summed E-state index contributed by atoms with van der Waals surface area (Å²) in [6.07, 6.45) is 0. The van der Waals surface area contributed by atoms with Gasteiger partial charge in [0.25, 0.3) is 0 Å². The Balaban J connectivity index is 1.37. The smallest absolute Gasteiger partial charge is 0.338 e. The van der Waals surface area contributed by atoms with Crippen molar-refractivity contribution in [2.75, 3.05) is 36.0 Å². The van der Waals surface area contributed by atoms with Gasteiger partial charge in [-0.1, -0.05) is 0 Å². The number of halogens is 2. The molecule has 11 heteroatoms. The minimum absolute atomic E-state index is 0.156. The molecule has 9 nitrogen and oxygen atoms in total. The summed E-state index contributed by atoms with van der Waals surface area (Å²) in [5.41, 5.74) is 1.80. The molecule has 148 valence electrons. The third kappa shape index (κ3) is 3.11. The van der Waals surface area contributed by atoms with Crippen LogP contribution in [0.1, 0.15) is 10.4 Å². The predicted octanol–water partition coefficient (Wildman–Crippen LogP) is 2.65.